The Kier molecular flexibility index (Phi) is 4.54. The molecule has 0 saturated carbocycles. The van der Waals surface area contributed by atoms with E-state index < -0.39 is 0 Å². The van der Waals surface area contributed by atoms with E-state index in [0.29, 0.717) is 0 Å². The van der Waals surface area contributed by atoms with Crippen LogP contribution in [0.3, 0.4) is 0 Å². The van der Waals surface area contributed by atoms with Crippen LogP contribution in [0.5, 0.6) is 0 Å². The summed E-state index contributed by atoms with van der Waals surface area (Å²) in [4.78, 5) is 0. The van der Waals surface area contributed by atoms with Gasteiger partial charge in [0.15, 0.2) is 0 Å². The Morgan fingerprint density at radius 2 is 1.50 bits per heavy atom. The molecule has 94 valence electrons. The molecule has 2 aromatic carbocycles. The number of benzene rings is 2. The molecule has 0 amide bonds. The molecule has 0 fully saturated rings. The van der Waals surface area contributed by atoms with Gasteiger partial charge < -0.3 is 5.11 Å². The van der Waals surface area contributed by atoms with Gasteiger partial charge in [0.2, 0.25) is 0 Å². The lowest BCUT2D eigenvalue weighted by molar-refractivity contribution is 0.281. The fraction of sp³-hybridized carbons (Fsp3) is 0.294. The van der Waals surface area contributed by atoms with E-state index in [1.165, 1.54) is 23.1 Å². The van der Waals surface area contributed by atoms with Crippen LogP contribution >= 0.6 is 0 Å². The average Bonchev–Trinajstić information content (AvgIpc) is 2.42. The van der Waals surface area contributed by atoms with Crippen LogP contribution < -0.4 is 0 Å². The second-order valence-electron chi connectivity index (χ2n) is 4.72. The summed E-state index contributed by atoms with van der Waals surface area (Å²) in [7, 11) is 0. The van der Waals surface area contributed by atoms with Crippen LogP contribution in [0.25, 0.3) is 0 Å². The lowest BCUT2D eigenvalue weighted by Crippen LogP contribution is -1.91. The number of hydrogen-bond donors (Lipinski definition) is 1. The van der Waals surface area contributed by atoms with Crippen molar-refractivity contribution < 1.29 is 5.11 Å². The van der Waals surface area contributed by atoms with Gasteiger partial charge >= 0.3 is 0 Å². The molecule has 18 heavy (non-hydrogen) atoms. The summed E-state index contributed by atoms with van der Waals surface area (Å²) in [5.74, 6) is 0. The molecule has 1 heteroatoms. The Bertz CT molecular complexity index is 485. The molecule has 0 radical (unpaired) electrons. The number of aliphatic hydroxyl groups excluding tert-OH is 1. The van der Waals surface area contributed by atoms with Crippen molar-refractivity contribution in [1.82, 2.24) is 0 Å². The fourth-order valence-corrected chi connectivity index (χ4v) is 2.19. The highest BCUT2D eigenvalue weighted by Crippen LogP contribution is 2.13. The lowest BCUT2D eigenvalue weighted by Gasteiger charge is -2.05. The van der Waals surface area contributed by atoms with Crippen molar-refractivity contribution in [2.75, 3.05) is 0 Å². The van der Waals surface area contributed by atoms with Crippen LogP contribution in [-0.2, 0) is 19.4 Å². The van der Waals surface area contributed by atoms with Crippen molar-refractivity contribution in [3.05, 3.63) is 70.8 Å². The maximum Gasteiger partial charge on any atom is 0.0681 e. The standard InChI is InChI=1S/C17H20O/c1-2-4-14-7-9-15(10-8-14)11-16-5-3-6-17(12-16)13-18/h3,5-10,12,18H,2,4,11,13H2,1H3. The van der Waals surface area contributed by atoms with Gasteiger partial charge in [-0.05, 0) is 35.1 Å². The maximum atomic E-state index is 9.12. The topological polar surface area (TPSA) is 20.2 Å². The number of aliphatic hydroxyl groups is 1. The summed E-state index contributed by atoms with van der Waals surface area (Å²) in [6.45, 7) is 2.32. The molecule has 0 saturated heterocycles. The van der Waals surface area contributed by atoms with Crippen LogP contribution in [-0.4, -0.2) is 5.11 Å². The van der Waals surface area contributed by atoms with Gasteiger partial charge in [-0.15, -0.1) is 0 Å². The van der Waals surface area contributed by atoms with Gasteiger partial charge in [0.1, 0.15) is 0 Å². The van der Waals surface area contributed by atoms with Gasteiger partial charge in [-0.25, -0.2) is 0 Å². The molecule has 0 bridgehead atoms. The smallest absolute Gasteiger partial charge is 0.0681 e. The first-order valence-electron chi connectivity index (χ1n) is 6.58. The van der Waals surface area contributed by atoms with Crippen molar-refractivity contribution in [2.24, 2.45) is 0 Å². The maximum absolute atomic E-state index is 9.12. The Morgan fingerprint density at radius 1 is 0.833 bits per heavy atom. The third-order valence-corrected chi connectivity index (χ3v) is 3.14. The second-order valence-corrected chi connectivity index (χ2v) is 4.72. The van der Waals surface area contributed by atoms with E-state index in [2.05, 4.69) is 43.3 Å². The molecule has 0 aliphatic rings. The zero-order valence-corrected chi connectivity index (χ0v) is 10.9. The molecule has 1 nitrogen and oxygen atoms in total. The van der Waals surface area contributed by atoms with E-state index >= 15 is 0 Å². The molecule has 0 aliphatic heterocycles. The molecule has 1 N–H and O–H groups in total. The summed E-state index contributed by atoms with van der Waals surface area (Å²) in [6.07, 6.45) is 3.28. The minimum atomic E-state index is 0.114. The SMILES string of the molecule is CCCc1ccc(Cc2cccc(CO)c2)cc1. The second kappa shape index (κ2) is 6.36. The van der Waals surface area contributed by atoms with Crippen LogP contribution in [0.1, 0.15) is 35.6 Å². The Labute approximate surface area is 109 Å². The summed E-state index contributed by atoms with van der Waals surface area (Å²) < 4.78 is 0. The molecule has 0 atom stereocenters. The lowest BCUT2D eigenvalue weighted by atomic mass is 10.0. The van der Waals surface area contributed by atoms with Gasteiger partial charge in [-0.2, -0.15) is 0 Å². The quantitative estimate of drug-likeness (QED) is 0.844. The van der Waals surface area contributed by atoms with Crippen LogP contribution in [0.2, 0.25) is 0 Å². The van der Waals surface area contributed by atoms with Crippen molar-refractivity contribution in [3.63, 3.8) is 0 Å². The van der Waals surface area contributed by atoms with E-state index in [-0.39, 0.29) is 6.61 Å². The fourth-order valence-electron chi connectivity index (χ4n) is 2.19. The first-order chi connectivity index (χ1) is 8.81. The number of hydrogen-bond acceptors (Lipinski definition) is 1. The molecule has 0 heterocycles. The minimum absolute atomic E-state index is 0.114. The molecular weight excluding hydrogens is 220 g/mol. The van der Waals surface area contributed by atoms with Gasteiger partial charge in [-0.3, -0.25) is 0 Å². The molecule has 0 aromatic heterocycles. The van der Waals surface area contributed by atoms with Crippen molar-refractivity contribution >= 4 is 0 Å². The summed E-state index contributed by atoms with van der Waals surface area (Å²) in [6, 6.07) is 17.0. The summed E-state index contributed by atoms with van der Waals surface area (Å²) in [5.41, 5.74) is 4.97. The van der Waals surface area contributed by atoms with Gasteiger partial charge in [-0.1, -0.05) is 61.9 Å². The molecule has 2 rings (SSSR count). The molecule has 0 unspecified atom stereocenters. The zero-order valence-electron chi connectivity index (χ0n) is 10.9. The molecule has 0 spiro atoms. The highest BCUT2D eigenvalue weighted by Gasteiger charge is 1.98. The van der Waals surface area contributed by atoms with Crippen LogP contribution in [0, 0.1) is 0 Å². The number of aryl methyl sites for hydroxylation is 1. The van der Waals surface area contributed by atoms with E-state index in [9.17, 15) is 0 Å². The van der Waals surface area contributed by atoms with Gasteiger partial charge in [0, 0.05) is 0 Å². The largest absolute Gasteiger partial charge is 0.392 e. The third kappa shape index (κ3) is 3.44. The number of rotatable bonds is 5. The Morgan fingerprint density at radius 3 is 2.17 bits per heavy atom. The average molecular weight is 240 g/mol. The normalized spacial score (nSPS) is 10.6. The van der Waals surface area contributed by atoms with E-state index in [1.54, 1.807) is 0 Å². The molecular formula is C17H20O. The van der Waals surface area contributed by atoms with Crippen molar-refractivity contribution in [1.29, 1.82) is 0 Å². The highest BCUT2D eigenvalue weighted by atomic mass is 16.3. The van der Waals surface area contributed by atoms with Gasteiger partial charge in [0.25, 0.3) is 0 Å². The van der Waals surface area contributed by atoms with Crippen LogP contribution in [0.15, 0.2) is 48.5 Å². The first kappa shape index (κ1) is 12.8. The Hall–Kier alpha value is -1.60. The Balaban J connectivity index is 2.08. The van der Waals surface area contributed by atoms with Crippen LogP contribution in [0.4, 0.5) is 0 Å². The van der Waals surface area contributed by atoms with Crippen molar-refractivity contribution in [2.45, 2.75) is 32.8 Å². The van der Waals surface area contributed by atoms with E-state index in [0.717, 1.165) is 18.4 Å². The summed E-state index contributed by atoms with van der Waals surface area (Å²) >= 11 is 0. The van der Waals surface area contributed by atoms with E-state index in [1.807, 2.05) is 12.1 Å². The zero-order chi connectivity index (χ0) is 12.8. The predicted molar refractivity (Wildman–Crippen MR) is 75.6 cm³/mol. The predicted octanol–water partition coefficient (Wildman–Crippen LogP) is 3.72. The minimum Gasteiger partial charge on any atom is -0.392 e. The van der Waals surface area contributed by atoms with E-state index in [4.69, 9.17) is 5.11 Å². The third-order valence-electron chi connectivity index (χ3n) is 3.14. The van der Waals surface area contributed by atoms with Crippen molar-refractivity contribution in [3.8, 4) is 0 Å². The monoisotopic (exact) mass is 240 g/mol. The first-order valence-corrected chi connectivity index (χ1v) is 6.58. The highest BCUT2D eigenvalue weighted by molar-refractivity contribution is 5.31. The summed E-state index contributed by atoms with van der Waals surface area (Å²) in [5, 5.41) is 9.12. The van der Waals surface area contributed by atoms with Gasteiger partial charge in [0.05, 0.1) is 6.61 Å². The molecule has 0 aliphatic carbocycles. The molecule has 2 aromatic rings.